The maximum atomic E-state index is 11.0. The van der Waals surface area contributed by atoms with Crippen LogP contribution < -0.4 is 4.90 Å². The first-order valence-corrected chi connectivity index (χ1v) is 6.63. The van der Waals surface area contributed by atoms with E-state index in [1.807, 2.05) is 49.3 Å². The molecule has 0 unspecified atom stereocenters. The summed E-state index contributed by atoms with van der Waals surface area (Å²) in [6.07, 6.45) is -0.0364. The second-order valence-corrected chi connectivity index (χ2v) is 5.25. The van der Waals surface area contributed by atoms with Crippen molar-refractivity contribution in [1.82, 2.24) is 0 Å². The van der Waals surface area contributed by atoms with Gasteiger partial charge in [0.1, 0.15) is 0 Å². The van der Waals surface area contributed by atoms with Gasteiger partial charge >= 0.3 is 5.97 Å². The molecule has 4 heteroatoms. The first kappa shape index (κ1) is 14.4. The smallest absolute Gasteiger partial charge is 0.307 e. The SMILES string of the molecule is CN(C)c1ccc(-c2ccc(Cl)cc2CC(=O)O)cc1. The number of carbonyl (C=O) groups is 1. The molecule has 0 aliphatic rings. The summed E-state index contributed by atoms with van der Waals surface area (Å²) < 4.78 is 0. The van der Waals surface area contributed by atoms with E-state index in [1.54, 1.807) is 12.1 Å². The van der Waals surface area contributed by atoms with Crippen LogP contribution in [-0.2, 0) is 11.2 Å². The molecule has 0 aromatic heterocycles. The summed E-state index contributed by atoms with van der Waals surface area (Å²) in [5.41, 5.74) is 3.72. The van der Waals surface area contributed by atoms with Gasteiger partial charge in [0.25, 0.3) is 0 Å². The summed E-state index contributed by atoms with van der Waals surface area (Å²) in [5.74, 6) is -0.863. The Morgan fingerprint density at radius 1 is 1.15 bits per heavy atom. The van der Waals surface area contributed by atoms with E-state index in [-0.39, 0.29) is 6.42 Å². The quantitative estimate of drug-likeness (QED) is 0.933. The Hall–Kier alpha value is -2.00. The molecule has 3 nitrogen and oxygen atoms in total. The molecule has 20 heavy (non-hydrogen) atoms. The van der Waals surface area contributed by atoms with E-state index in [1.165, 1.54) is 0 Å². The van der Waals surface area contributed by atoms with Gasteiger partial charge in [-0.2, -0.15) is 0 Å². The summed E-state index contributed by atoms with van der Waals surface area (Å²) in [6, 6.07) is 13.4. The lowest BCUT2D eigenvalue weighted by atomic mass is 9.97. The molecule has 0 spiro atoms. The topological polar surface area (TPSA) is 40.5 Å². The number of benzene rings is 2. The first-order valence-electron chi connectivity index (χ1n) is 6.25. The van der Waals surface area contributed by atoms with E-state index in [9.17, 15) is 4.79 Å². The summed E-state index contributed by atoms with van der Waals surface area (Å²) in [4.78, 5) is 13.0. The number of carboxylic acid groups (broad SMARTS) is 1. The van der Waals surface area contributed by atoms with Crippen molar-refractivity contribution >= 4 is 23.3 Å². The van der Waals surface area contributed by atoms with Crippen LogP contribution in [0.15, 0.2) is 42.5 Å². The first-order chi connectivity index (χ1) is 9.47. The van der Waals surface area contributed by atoms with Gasteiger partial charge in [0.15, 0.2) is 0 Å². The van der Waals surface area contributed by atoms with Crippen molar-refractivity contribution in [1.29, 1.82) is 0 Å². The van der Waals surface area contributed by atoms with Gasteiger partial charge in [-0.1, -0.05) is 29.8 Å². The Labute approximate surface area is 123 Å². The second-order valence-electron chi connectivity index (χ2n) is 4.81. The van der Waals surface area contributed by atoms with Crippen LogP contribution in [0.5, 0.6) is 0 Å². The molecule has 0 saturated heterocycles. The minimum Gasteiger partial charge on any atom is -0.481 e. The molecule has 0 atom stereocenters. The van der Waals surface area contributed by atoms with Crippen molar-refractivity contribution in [3.8, 4) is 11.1 Å². The van der Waals surface area contributed by atoms with E-state index in [0.29, 0.717) is 5.02 Å². The van der Waals surface area contributed by atoms with Crippen LogP contribution in [0.1, 0.15) is 5.56 Å². The van der Waals surface area contributed by atoms with Gasteiger partial charge in [0.2, 0.25) is 0 Å². The molecular weight excluding hydrogens is 274 g/mol. The largest absolute Gasteiger partial charge is 0.481 e. The lowest BCUT2D eigenvalue weighted by molar-refractivity contribution is -0.136. The van der Waals surface area contributed by atoms with E-state index in [4.69, 9.17) is 16.7 Å². The Balaban J connectivity index is 2.43. The highest BCUT2D eigenvalue weighted by atomic mass is 35.5. The number of rotatable bonds is 4. The molecule has 0 fully saturated rings. The van der Waals surface area contributed by atoms with Crippen LogP contribution >= 0.6 is 11.6 Å². The molecule has 0 saturated carbocycles. The van der Waals surface area contributed by atoms with E-state index in [0.717, 1.165) is 22.4 Å². The van der Waals surface area contributed by atoms with Gasteiger partial charge in [-0.3, -0.25) is 4.79 Å². The zero-order valence-electron chi connectivity index (χ0n) is 11.4. The fraction of sp³-hybridized carbons (Fsp3) is 0.188. The number of anilines is 1. The number of hydrogen-bond acceptors (Lipinski definition) is 2. The Morgan fingerprint density at radius 3 is 2.35 bits per heavy atom. The molecule has 0 bridgehead atoms. The van der Waals surface area contributed by atoms with Crippen molar-refractivity contribution in [3.05, 3.63) is 53.1 Å². The van der Waals surface area contributed by atoms with Gasteiger partial charge in [-0.15, -0.1) is 0 Å². The van der Waals surface area contributed by atoms with Crippen LogP contribution in [0.3, 0.4) is 0 Å². The maximum Gasteiger partial charge on any atom is 0.307 e. The third-order valence-corrected chi connectivity index (χ3v) is 3.34. The third kappa shape index (κ3) is 3.31. The number of aliphatic carboxylic acids is 1. The lowest BCUT2D eigenvalue weighted by Gasteiger charge is -2.14. The van der Waals surface area contributed by atoms with Gasteiger partial charge in [0, 0.05) is 24.8 Å². The van der Waals surface area contributed by atoms with Crippen LogP contribution in [0.25, 0.3) is 11.1 Å². The average Bonchev–Trinajstić information content (AvgIpc) is 2.38. The van der Waals surface area contributed by atoms with Crippen LogP contribution in [0, 0.1) is 0 Å². The predicted molar refractivity (Wildman–Crippen MR) is 82.6 cm³/mol. The molecular formula is C16H16ClNO2. The van der Waals surface area contributed by atoms with E-state index < -0.39 is 5.97 Å². The fourth-order valence-corrected chi connectivity index (χ4v) is 2.29. The maximum absolute atomic E-state index is 11.0. The molecule has 104 valence electrons. The third-order valence-electron chi connectivity index (χ3n) is 3.10. The number of hydrogen-bond donors (Lipinski definition) is 1. The molecule has 1 N–H and O–H groups in total. The molecule has 2 rings (SSSR count). The zero-order valence-corrected chi connectivity index (χ0v) is 12.2. The summed E-state index contributed by atoms with van der Waals surface area (Å²) >= 11 is 5.95. The molecule has 0 heterocycles. The van der Waals surface area contributed by atoms with E-state index in [2.05, 4.69) is 0 Å². The summed E-state index contributed by atoms with van der Waals surface area (Å²) in [5, 5.41) is 9.55. The zero-order chi connectivity index (χ0) is 14.7. The predicted octanol–water partition coefficient (Wildman–Crippen LogP) is 3.70. The van der Waals surface area contributed by atoms with E-state index >= 15 is 0 Å². The molecule has 0 amide bonds. The Morgan fingerprint density at radius 2 is 1.80 bits per heavy atom. The number of nitrogens with zero attached hydrogens (tertiary/aromatic N) is 1. The van der Waals surface area contributed by atoms with Crippen molar-refractivity contribution < 1.29 is 9.90 Å². The lowest BCUT2D eigenvalue weighted by Crippen LogP contribution is -2.08. The number of halogens is 1. The monoisotopic (exact) mass is 289 g/mol. The average molecular weight is 290 g/mol. The van der Waals surface area contributed by atoms with Crippen molar-refractivity contribution in [2.45, 2.75) is 6.42 Å². The van der Waals surface area contributed by atoms with Crippen molar-refractivity contribution in [2.24, 2.45) is 0 Å². The fourth-order valence-electron chi connectivity index (χ4n) is 2.09. The van der Waals surface area contributed by atoms with Crippen molar-refractivity contribution in [3.63, 3.8) is 0 Å². The minimum absolute atomic E-state index is 0.0364. The van der Waals surface area contributed by atoms with Crippen LogP contribution in [0.4, 0.5) is 5.69 Å². The van der Waals surface area contributed by atoms with Crippen LogP contribution in [0.2, 0.25) is 5.02 Å². The normalized spacial score (nSPS) is 10.3. The minimum atomic E-state index is -0.863. The molecule has 0 radical (unpaired) electrons. The summed E-state index contributed by atoms with van der Waals surface area (Å²) in [7, 11) is 3.96. The Bertz CT molecular complexity index is 621. The highest BCUT2D eigenvalue weighted by molar-refractivity contribution is 6.30. The second kappa shape index (κ2) is 5.97. The molecule has 2 aromatic carbocycles. The standard InChI is InChI=1S/C16H16ClNO2/c1-18(2)14-6-3-11(4-7-14)15-8-5-13(17)9-12(15)10-16(19)20/h3-9H,10H2,1-2H3,(H,19,20). The van der Waals surface area contributed by atoms with Gasteiger partial charge in [0.05, 0.1) is 6.42 Å². The van der Waals surface area contributed by atoms with Gasteiger partial charge in [-0.05, 0) is 41.0 Å². The molecule has 0 aliphatic heterocycles. The van der Waals surface area contributed by atoms with Gasteiger partial charge in [-0.25, -0.2) is 0 Å². The molecule has 0 aliphatic carbocycles. The molecule has 2 aromatic rings. The Kier molecular flexibility index (Phi) is 4.30. The number of carboxylic acids is 1. The highest BCUT2D eigenvalue weighted by Crippen LogP contribution is 2.28. The van der Waals surface area contributed by atoms with Gasteiger partial charge < -0.3 is 10.0 Å². The van der Waals surface area contributed by atoms with Crippen molar-refractivity contribution in [2.75, 3.05) is 19.0 Å². The highest BCUT2D eigenvalue weighted by Gasteiger charge is 2.10. The van der Waals surface area contributed by atoms with Crippen LogP contribution in [-0.4, -0.2) is 25.2 Å². The summed E-state index contributed by atoms with van der Waals surface area (Å²) in [6.45, 7) is 0.